The second-order valence-corrected chi connectivity index (χ2v) is 5.41. The number of ether oxygens (including phenoxy) is 1. The molecule has 0 aliphatic carbocycles. The Balaban J connectivity index is 2.47. The van der Waals surface area contributed by atoms with Crippen molar-refractivity contribution in [1.82, 2.24) is 4.90 Å². The Labute approximate surface area is 110 Å². The van der Waals surface area contributed by atoms with Crippen LogP contribution in [0.5, 0.6) is 0 Å². The lowest BCUT2D eigenvalue weighted by molar-refractivity contribution is -0.137. The highest BCUT2D eigenvalue weighted by Gasteiger charge is 2.27. The summed E-state index contributed by atoms with van der Waals surface area (Å²) in [5, 5.41) is 8.72. The molecule has 0 saturated carbocycles. The molecule has 1 aliphatic heterocycles. The number of aliphatic carboxylic acids is 1. The number of rotatable bonds is 7. The molecule has 0 spiro atoms. The summed E-state index contributed by atoms with van der Waals surface area (Å²) in [6.07, 6.45) is 4.61. The van der Waals surface area contributed by atoms with Crippen LogP contribution < -0.4 is 0 Å². The fraction of sp³-hybridized carbons (Fsp3) is 0.929. The van der Waals surface area contributed by atoms with Crippen molar-refractivity contribution >= 4 is 5.97 Å². The smallest absolute Gasteiger partial charge is 0.303 e. The number of carboxylic acid groups (broad SMARTS) is 1. The molecular weight excluding hydrogens is 230 g/mol. The number of hydrogen-bond donors (Lipinski definition) is 1. The van der Waals surface area contributed by atoms with E-state index in [-0.39, 0.29) is 6.42 Å². The fourth-order valence-electron chi connectivity index (χ4n) is 2.72. The van der Waals surface area contributed by atoms with Crippen molar-refractivity contribution in [3.05, 3.63) is 0 Å². The van der Waals surface area contributed by atoms with Crippen LogP contribution in [0.15, 0.2) is 0 Å². The Kier molecular flexibility index (Phi) is 6.65. The van der Waals surface area contributed by atoms with E-state index < -0.39 is 5.97 Å². The van der Waals surface area contributed by atoms with Gasteiger partial charge in [-0.3, -0.25) is 9.69 Å². The predicted octanol–water partition coefficient (Wildman–Crippen LogP) is 2.52. The third kappa shape index (κ3) is 4.94. The standard InChI is InChI=1S/C14H27NO3/c1-4-13-10-12(7-9-18-13)15(11(2)3)8-5-6-14(16)17/h11-13H,4-10H2,1-3H3,(H,16,17). The van der Waals surface area contributed by atoms with Gasteiger partial charge in [-0.15, -0.1) is 0 Å². The highest BCUT2D eigenvalue weighted by atomic mass is 16.5. The Hall–Kier alpha value is -0.610. The van der Waals surface area contributed by atoms with Gasteiger partial charge in [-0.05, 0) is 46.1 Å². The first-order chi connectivity index (χ1) is 8.54. The lowest BCUT2D eigenvalue weighted by Gasteiger charge is -2.39. The first kappa shape index (κ1) is 15.4. The minimum absolute atomic E-state index is 0.268. The van der Waals surface area contributed by atoms with Gasteiger partial charge in [0.05, 0.1) is 6.10 Å². The zero-order valence-corrected chi connectivity index (χ0v) is 11.9. The van der Waals surface area contributed by atoms with Gasteiger partial charge in [-0.25, -0.2) is 0 Å². The molecule has 1 fully saturated rings. The molecule has 0 amide bonds. The summed E-state index contributed by atoms with van der Waals surface area (Å²) >= 11 is 0. The Bertz CT molecular complexity index is 255. The van der Waals surface area contributed by atoms with Gasteiger partial charge in [-0.2, -0.15) is 0 Å². The molecule has 1 aliphatic rings. The van der Waals surface area contributed by atoms with Crippen molar-refractivity contribution in [3.8, 4) is 0 Å². The van der Waals surface area contributed by atoms with E-state index in [9.17, 15) is 4.79 Å². The van der Waals surface area contributed by atoms with Crippen molar-refractivity contribution in [2.75, 3.05) is 13.2 Å². The average Bonchev–Trinajstić information content (AvgIpc) is 2.34. The van der Waals surface area contributed by atoms with E-state index in [1.54, 1.807) is 0 Å². The van der Waals surface area contributed by atoms with Crippen molar-refractivity contribution in [2.24, 2.45) is 0 Å². The molecule has 106 valence electrons. The zero-order valence-electron chi connectivity index (χ0n) is 11.9. The normalized spacial score (nSPS) is 24.7. The van der Waals surface area contributed by atoms with Gasteiger partial charge in [-0.1, -0.05) is 6.92 Å². The number of nitrogens with zero attached hydrogens (tertiary/aromatic N) is 1. The molecule has 2 unspecified atom stereocenters. The molecule has 0 aromatic heterocycles. The summed E-state index contributed by atoms with van der Waals surface area (Å²) in [7, 11) is 0. The quantitative estimate of drug-likeness (QED) is 0.761. The van der Waals surface area contributed by atoms with Crippen molar-refractivity contribution < 1.29 is 14.6 Å². The summed E-state index contributed by atoms with van der Waals surface area (Å²) in [5.74, 6) is -0.697. The number of hydrogen-bond acceptors (Lipinski definition) is 3. The summed E-state index contributed by atoms with van der Waals surface area (Å²) in [6, 6.07) is 1.02. The Morgan fingerprint density at radius 1 is 1.50 bits per heavy atom. The molecule has 1 heterocycles. The van der Waals surface area contributed by atoms with Gasteiger partial charge >= 0.3 is 5.97 Å². The molecule has 18 heavy (non-hydrogen) atoms. The second-order valence-electron chi connectivity index (χ2n) is 5.41. The van der Waals surface area contributed by atoms with Gasteiger partial charge in [0.15, 0.2) is 0 Å². The van der Waals surface area contributed by atoms with Crippen LogP contribution in [0.25, 0.3) is 0 Å². The van der Waals surface area contributed by atoms with E-state index in [0.717, 1.165) is 38.8 Å². The minimum atomic E-state index is -0.697. The SMILES string of the molecule is CCC1CC(N(CCCC(=O)O)C(C)C)CCO1. The van der Waals surface area contributed by atoms with Crippen LogP contribution in [0.4, 0.5) is 0 Å². The third-order valence-corrected chi connectivity index (χ3v) is 3.73. The molecule has 0 aromatic carbocycles. The molecule has 0 aromatic rings. The molecule has 1 rings (SSSR count). The third-order valence-electron chi connectivity index (χ3n) is 3.73. The second kappa shape index (κ2) is 7.74. The van der Waals surface area contributed by atoms with Crippen LogP contribution in [0, 0.1) is 0 Å². The van der Waals surface area contributed by atoms with E-state index in [2.05, 4.69) is 25.7 Å². The summed E-state index contributed by atoms with van der Waals surface area (Å²) in [4.78, 5) is 13.0. The van der Waals surface area contributed by atoms with E-state index in [1.807, 2.05) is 0 Å². The number of carbonyl (C=O) groups is 1. The van der Waals surface area contributed by atoms with Gasteiger partial charge in [0.2, 0.25) is 0 Å². The lowest BCUT2D eigenvalue weighted by atomic mass is 9.98. The highest BCUT2D eigenvalue weighted by molar-refractivity contribution is 5.66. The molecule has 1 saturated heterocycles. The number of carboxylic acids is 1. The van der Waals surface area contributed by atoms with Gasteiger partial charge in [0.25, 0.3) is 0 Å². The molecule has 1 N–H and O–H groups in total. The summed E-state index contributed by atoms with van der Waals surface area (Å²) in [5.41, 5.74) is 0. The predicted molar refractivity (Wildman–Crippen MR) is 71.8 cm³/mol. The summed E-state index contributed by atoms with van der Waals surface area (Å²) < 4.78 is 5.71. The van der Waals surface area contributed by atoms with Crippen molar-refractivity contribution in [1.29, 1.82) is 0 Å². The van der Waals surface area contributed by atoms with E-state index >= 15 is 0 Å². The zero-order chi connectivity index (χ0) is 13.5. The van der Waals surface area contributed by atoms with Crippen LogP contribution in [0.2, 0.25) is 0 Å². The maximum absolute atomic E-state index is 10.6. The molecule has 2 atom stereocenters. The van der Waals surface area contributed by atoms with Gasteiger partial charge in [0, 0.05) is 25.1 Å². The molecule has 0 bridgehead atoms. The van der Waals surface area contributed by atoms with Crippen LogP contribution in [0.3, 0.4) is 0 Å². The minimum Gasteiger partial charge on any atom is -0.481 e. The maximum Gasteiger partial charge on any atom is 0.303 e. The fourth-order valence-corrected chi connectivity index (χ4v) is 2.72. The largest absolute Gasteiger partial charge is 0.481 e. The first-order valence-corrected chi connectivity index (χ1v) is 7.13. The van der Waals surface area contributed by atoms with E-state index in [0.29, 0.717) is 18.2 Å². The highest BCUT2D eigenvalue weighted by Crippen LogP contribution is 2.23. The van der Waals surface area contributed by atoms with Crippen LogP contribution >= 0.6 is 0 Å². The molecule has 4 nitrogen and oxygen atoms in total. The van der Waals surface area contributed by atoms with E-state index in [1.165, 1.54) is 0 Å². The maximum atomic E-state index is 10.6. The molecule has 0 radical (unpaired) electrons. The van der Waals surface area contributed by atoms with Crippen LogP contribution in [0.1, 0.15) is 52.9 Å². The topological polar surface area (TPSA) is 49.8 Å². The summed E-state index contributed by atoms with van der Waals surface area (Å²) in [6.45, 7) is 8.27. The lowest BCUT2D eigenvalue weighted by Crippen LogP contribution is -2.46. The molecular formula is C14H27NO3. The van der Waals surface area contributed by atoms with Crippen molar-refractivity contribution in [3.63, 3.8) is 0 Å². The Morgan fingerprint density at radius 2 is 2.22 bits per heavy atom. The van der Waals surface area contributed by atoms with Crippen LogP contribution in [-0.2, 0) is 9.53 Å². The van der Waals surface area contributed by atoms with Crippen molar-refractivity contribution in [2.45, 2.75) is 71.1 Å². The average molecular weight is 257 g/mol. The Morgan fingerprint density at radius 3 is 2.78 bits per heavy atom. The van der Waals surface area contributed by atoms with Gasteiger partial charge < -0.3 is 9.84 Å². The monoisotopic (exact) mass is 257 g/mol. The van der Waals surface area contributed by atoms with Gasteiger partial charge in [0.1, 0.15) is 0 Å². The van der Waals surface area contributed by atoms with E-state index in [4.69, 9.17) is 9.84 Å². The molecule has 4 heteroatoms. The van der Waals surface area contributed by atoms with Crippen LogP contribution in [-0.4, -0.2) is 47.3 Å². The first-order valence-electron chi connectivity index (χ1n) is 7.13.